The molecule has 6 heteroatoms. The number of nitrogens with one attached hydrogen (secondary N) is 1. The van der Waals surface area contributed by atoms with Crippen molar-refractivity contribution in [2.75, 3.05) is 0 Å². The molecule has 2 fully saturated rings. The highest BCUT2D eigenvalue weighted by molar-refractivity contribution is 7.08. The van der Waals surface area contributed by atoms with Gasteiger partial charge in [-0.15, -0.1) is 12.4 Å². The monoisotopic (exact) mass is 311 g/mol. The van der Waals surface area contributed by atoms with E-state index in [0.29, 0.717) is 5.92 Å². The third-order valence-corrected chi connectivity index (χ3v) is 4.96. The van der Waals surface area contributed by atoms with Gasteiger partial charge in [0.1, 0.15) is 0 Å². The van der Waals surface area contributed by atoms with Gasteiger partial charge in [0.05, 0.1) is 0 Å². The van der Waals surface area contributed by atoms with Gasteiger partial charge in [-0.3, -0.25) is 0 Å². The molecule has 0 radical (unpaired) electrons. The SMILES string of the molecule is Cl.c1cc(-c2noc(CC3CC4CCC(C3)N4)n2)cs1. The summed E-state index contributed by atoms with van der Waals surface area (Å²) < 4.78 is 5.41. The predicted octanol–water partition coefficient (Wildman–Crippen LogP) is 3.29. The van der Waals surface area contributed by atoms with Gasteiger partial charge in [-0.2, -0.15) is 16.3 Å². The number of halogens is 1. The van der Waals surface area contributed by atoms with Crippen LogP contribution in [0.1, 0.15) is 31.6 Å². The van der Waals surface area contributed by atoms with E-state index in [-0.39, 0.29) is 12.4 Å². The molecular formula is C14H18ClN3OS. The van der Waals surface area contributed by atoms with Gasteiger partial charge in [0, 0.05) is 29.4 Å². The van der Waals surface area contributed by atoms with Crippen molar-refractivity contribution < 1.29 is 4.52 Å². The largest absolute Gasteiger partial charge is 0.339 e. The lowest BCUT2D eigenvalue weighted by Gasteiger charge is -2.27. The first kappa shape index (κ1) is 14.0. The second-order valence-corrected chi connectivity index (χ2v) is 6.48. The molecule has 4 rings (SSSR count). The molecule has 2 aliphatic rings. The van der Waals surface area contributed by atoms with E-state index in [1.807, 2.05) is 11.4 Å². The van der Waals surface area contributed by atoms with Crippen LogP contribution in [0.5, 0.6) is 0 Å². The fourth-order valence-electron chi connectivity index (χ4n) is 3.44. The lowest BCUT2D eigenvalue weighted by atomic mass is 9.90. The second-order valence-electron chi connectivity index (χ2n) is 5.70. The Morgan fingerprint density at radius 1 is 1.30 bits per heavy atom. The molecule has 4 heterocycles. The Labute approximate surface area is 128 Å². The standard InChI is InChI=1S/C14H17N3OS.ClH/c1-2-12-6-9(5-11(1)15-12)7-13-16-14(17-18-13)10-3-4-19-8-10;/h3-4,8-9,11-12,15H,1-2,5-7H2;1H. The fraction of sp³-hybridized carbons (Fsp3) is 0.571. The Balaban J connectivity index is 0.00000121. The minimum atomic E-state index is 0. The Kier molecular flexibility index (Phi) is 4.10. The number of hydrogen-bond acceptors (Lipinski definition) is 5. The van der Waals surface area contributed by atoms with Gasteiger partial charge >= 0.3 is 0 Å². The molecule has 1 N–H and O–H groups in total. The van der Waals surface area contributed by atoms with Crippen LogP contribution in [-0.4, -0.2) is 22.2 Å². The van der Waals surface area contributed by atoms with Crippen molar-refractivity contribution in [3.8, 4) is 11.4 Å². The van der Waals surface area contributed by atoms with Crippen LogP contribution < -0.4 is 5.32 Å². The molecule has 0 saturated carbocycles. The van der Waals surface area contributed by atoms with E-state index in [1.54, 1.807) is 11.3 Å². The Bertz CT molecular complexity index is 545. The highest BCUT2D eigenvalue weighted by Crippen LogP contribution is 2.32. The first-order valence-corrected chi connectivity index (χ1v) is 7.92. The molecule has 4 nitrogen and oxygen atoms in total. The molecule has 20 heavy (non-hydrogen) atoms. The molecule has 2 saturated heterocycles. The summed E-state index contributed by atoms with van der Waals surface area (Å²) in [5.41, 5.74) is 1.06. The fourth-order valence-corrected chi connectivity index (χ4v) is 4.07. The molecule has 2 atom stereocenters. The van der Waals surface area contributed by atoms with Crippen LogP contribution in [0.25, 0.3) is 11.4 Å². The second kappa shape index (κ2) is 5.84. The van der Waals surface area contributed by atoms with Crippen molar-refractivity contribution in [3.63, 3.8) is 0 Å². The zero-order valence-corrected chi connectivity index (χ0v) is 12.8. The summed E-state index contributed by atoms with van der Waals surface area (Å²) >= 11 is 1.66. The average molecular weight is 312 g/mol. The summed E-state index contributed by atoms with van der Waals surface area (Å²) in [6.45, 7) is 0. The predicted molar refractivity (Wildman–Crippen MR) is 81.2 cm³/mol. The highest BCUT2D eigenvalue weighted by atomic mass is 35.5. The van der Waals surface area contributed by atoms with E-state index >= 15 is 0 Å². The van der Waals surface area contributed by atoms with Crippen LogP contribution in [0.4, 0.5) is 0 Å². The summed E-state index contributed by atoms with van der Waals surface area (Å²) in [6.07, 6.45) is 6.13. The summed E-state index contributed by atoms with van der Waals surface area (Å²) in [5.74, 6) is 2.23. The summed E-state index contributed by atoms with van der Waals surface area (Å²) in [4.78, 5) is 4.53. The Morgan fingerprint density at radius 2 is 2.10 bits per heavy atom. The Hall–Kier alpha value is -0.910. The molecule has 0 amide bonds. The normalized spacial score (nSPS) is 28.3. The van der Waals surface area contributed by atoms with Crippen LogP contribution in [0.2, 0.25) is 0 Å². The molecule has 2 aromatic heterocycles. The van der Waals surface area contributed by atoms with E-state index in [2.05, 4.69) is 20.8 Å². The van der Waals surface area contributed by atoms with Crippen LogP contribution in [0.15, 0.2) is 21.3 Å². The maximum Gasteiger partial charge on any atom is 0.227 e. The lowest BCUT2D eigenvalue weighted by molar-refractivity contribution is 0.270. The maximum atomic E-state index is 5.41. The van der Waals surface area contributed by atoms with Crippen molar-refractivity contribution in [3.05, 3.63) is 22.7 Å². The molecule has 0 spiro atoms. The van der Waals surface area contributed by atoms with Crippen LogP contribution in [0, 0.1) is 5.92 Å². The van der Waals surface area contributed by atoms with E-state index in [0.717, 1.165) is 35.8 Å². The van der Waals surface area contributed by atoms with Gasteiger partial charge in [-0.1, -0.05) is 5.16 Å². The number of fused-ring (bicyclic) bond motifs is 2. The topological polar surface area (TPSA) is 51.0 Å². The van der Waals surface area contributed by atoms with Crippen molar-refractivity contribution in [2.45, 2.75) is 44.2 Å². The quantitative estimate of drug-likeness (QED) is 0.945. The van der Waals surface area contributed by atoms with Crippen LogP contribution in [0.3, 0.4) is 0 Å². The zero-order chi connectivity index (χ0) is 12.7. The number of nitrogens with zero attached hydrogens (tertiary/aromatic N) is 2. The van der Waals surface area contributed by atoms with E-state index in [1.165, 1.54) is 25.7 Å². The summed E-state index contributed by atoms with van der Waals surface area (Å²) in [7, 11) is 0. The van der Waals surface area contributed by atoms with Crippen LogP contribution in [-0.2, 0) is 6.42 Å². The third kappa shape index (κ3) is 2.75. The summed E-state index contributed by atoms with van der Waals surface area (Å²) in [5, 5.41) is 11.8. The number of piperidine rings is 1. The smallest absolute Gasteiger partial charge is 0.227 e. The van der Waals surface area contributed by atoms with Crippen molar-refractivity contribution in [1.29, 1.82) is 0 Å². The van der Waals surface area contributed by atoms with Gasteiger partial charge < -0.3 is 9.84 Å². The summed E-state index contributed by atoms with van der Waals surface area (Å²) in [6, 6.07) is 3.48. The van der Waals surface area contributed by atoms with Crippen LogP contribution >= 0.6 is 23.7 Å². The molecule has 108 valence electrons. The third-order valence-electron chi connectivity index (χ3n) is 4.28. The van der Waals surface area contributed by atoms with Gasteiger partial charge in [0.2, 0.25) is 11.7 Å². The number of rotatable bonds is 3. The lowest BCUT2D eigenvalue weighted by Crippen LogP contribution is -2.38. The highest BCUT2D eigenvalue weighted by Gasteiger charge is 2.34. The first-order chi connectivity index (χ1) is 9.37. The molecule has 2 unspecified atom stereocenters. The molecule has 2 aliphatic heterocycles. The minimum Gasteiger partial charge on any atom is -0.339 e. The Morgan fingerprint density at radius 3 is 2.80 bits per heavy atom. The van der Waals surface area contributed by atoms with Crippen molar-refractivity contribution >= 4 is 23.7 Å². The maximum absolute atomic E-state index is 5.41. The van der Waals surface area contributed by atoms with Crippen molar-refractivity contribution in [2.24, 2.45) is 5.92 Å². The average Bonchev–Trinajstić information content (AvgIpc) is 3.10. The van der Waals surface area contributed by atoms with Crippen molar-refractivity contribution in [1.82, 2.24) is 15.5 Å². The zero-order valence-electron chi connectivity index (χ0n) is 11.1. The molecule has 0 aliphatic carbocycles. The minimum absolute atomic E-state index is 0. The number of thiophene rings is 1. The first-order valence-electron chi connectivity index (χ1n) is 6.98. The van der Waals surface area contributed by atoms with Gasteiger partial charge in [-0.05, 0) is 43.0 Å². The van der Waals surface area contributed by atoms with Gasteiger partial charge in [0.25, 0.3) is 0 Å². The molecule has 2 aromatic rings. The van der Waals surface area contributed by atoms with E-state index in [4.69, 9.17) is 4.52 Å². The number of hydrogen-bond donors (Lipinski definition) is 1. The van der Waals surface area contributed by atoms with E-state index < -0.39 is 0 Å². The molecular weight excluding hydrogens is 294 g/mol. The van der Waals surface area contributed by atoms with E-state index in [9.17, 15) is 0 Å². The van der Waals surface area contributed by atoms with Gasteiger partial charge in [0.15, 0.2) is 0 Å². The van der Waals surface area contributed by atoms with Gasteiger partial charge in [-0.25, -0.2) is 0 Å². The molecule has 0 aromatic carbocycles. The molecule has 2 bridgehead atoms. The number of aromatic nitrogens is 2.